The van der Waals surface area contributed by atoms with E-state index in [1.54, 1.807) is 0 Å². The second-order valence-electron chi connectivity index (χ2n) is 3.82. The summed E-state index contributed by atoms with van der Waals surface area (Å²) in [5.74, 6) is 2.65. The molecule has 1 heterocycles. The molecule has 3 nitrogen and oxygen atoms in total. The Kier molecular flexibility index (Phi) is 4.38. The molecule has 1 aromatic rings. The molecule has 3 heteroatoms. The Balaban J connectivity index is 2.53. The van der Waals surface area contributed by atoms with Gasteiger partial charge in [-0.25, -0.2) is 0 Å². The molecule has 0 radical (unpaired) electrons. The number of nitrogens with one attached hydrogen (secondary N) is 1. The van der Waals surface area contributed by atoms with E-state index in [0.717, 1.165) is 25.1 Å². The summed E-state index contributed by atoms with van der Waals surface area (Å²) in [7, 11) is 1.95. The van der Waals surface area contributed by atoms with Crippen molar-refractivity contribution in [1.82, 2.24) is 15.1 Å². The number of aryl methyl sites for hydroxylation is 2. The highest BCUT2D eigenvalue weighted by atomic mass is 15.3. The number of hydrogen-bond acceptors (Lipinski definition) is 2. The third-order valence-corrected chi connectivity index (χ3v) is 2.39. The first-order valence-corrected chi connectivity index (χ1v) is 5.35. The van der Waals surface area contributed by atoms with Gasteiger partial charge < -0.3 is 5.32 Å². The van der Waals surface area contributed by atoms with E-state index in [1.807, 2.05) is 11.7 Å². The van der Waals surface area contributed by atoms with Gasteiger partial charge in [0.25, 0.3) is 0 Å². The summed E-state index contributed by atoms with van der Waals surface area (Å²) in [6.07, 6.45) is 9.06. The van der Waals surface area contributed by atoms with Gasteiger partial charge in [-0.05, 0) is 13.3 Å². The number of aromatic nitrogens is 2. The zero-order valence-corrected chi connectivity index (χ0v) is 9.75. The fourth-order valence-corrected chi connectivity index (χ4v) is 1.56. The van der Waals surface area contributed by atoms with Gasteiger partial charge in [-0.3, -0.25) is 4.68 Å². The average molecular weight is 205 g/mol. The molecule has 0 spiro atoms. The van der Waals surface area contributed by atoms with Crippen LogP contribution in [-0.2, 0) is 20.0 Å². The van der Waals surface area contributed by atoms with E-state index in [-0.39, 0.29) is 0 Å². The molecule has 0 fully saturated rings. The lowest BCUT2D eigenvalue weighted by Crippen LogP contribution is -2.25. The third kappa shape index (κ3) is 3.41. The topological polar surface area (TPSA) is 29.9 Å². The maximum Gasteiger partial charge on any atom is 0.0666 e. The standard InChI is InChI=1S/C12H19N3/c1-5-7-10(3)13-8-11-9-15(4)14-12(11)6-2/h1,9-10,13H,6-8H2,2-4H3. The molecule has 0 amide bonds. The summed E-state index contributed by atoms with van der Waals surface area (Å²) < 4.78 is 1.86. The number of nitrogens with zero attached hydrogens (tertiary/aromatic N) is 2. The summed E-state index contributed by atoms with van der Waals surface area (Å²) in [5.41, 5.74) is 2.43. The average Bonchev–Trinajstić information content (AvgIpc) is 2.56. The van der Waals surface area contributed by atoms with Crippen molar-refractivity contribution in [3.05, 3.63) is 17.5 Å². The molecule has 15 heavy (non-hydrogen) atoms. The van der Waals surface area contributed by atoms with E-state index in [0.29, 0.717) is 6.04 Å². The van der Waals surface area contributed by atoms with Crippen LogP contribution in [0.4, 0.5) is 0 Å². The Bertz CT molecular complexity index is 346. The number of terminal acetylenes is 1. The van der Waals surface area contributed by atoms with Crippen LogP contribution in [0.5, 0.6) is 0 Å². The van der Waals surface area contributed by atoms with Gasteiger partial charge in [0.05, 0.1) is 5.69 Å². The SMILES string of the molecule is C#CCC(C)NCc1cn(C)nc1CC. The second-order valence-corrected chi connectivity index (χ2v) is 3.82. The summed E-state index contributed by atoms with van der Waals surface area (Å²) >= 11 is 0. The fraction of sp³-hybridized carbons (Fsp3) is 0.583. The van der Waals surface area contributed by atoms with Crippen LogP contribution in [0.25, 0.3) is 0 Å². The van der Waals surface area contributed by atoms with Gasteiger partial charge in [-0.15, -0.1) is 12.3 Å². The molecule has 1 aromatic heterocycles. The van der Waals surface area contributed by atoms with Gasteiger partial charge in [0.15, 0.2) is 0 Å². The van der Waals surface area contributed by atoms with Crippen LogP contribution in [0.2, 0.25) is 0 Å². The Morgan fingerprint density at radius 1 is 1.67 bits per heavy atom. The maximum absolute atomic E-state index is 5.25. The highest BCUT2D eigenvalue weighted by molar-refractivity contribution is 5.16. The highest BCUT2D eigenvalue weighted by Gasteiger charge is 2.06. The van der Waals surface area contributed by atoms with Crippen molar-refractivity contribution in [2.75, 3.05) is 0 Å². The van der Waals surface area contributed by atoms with Crippen LogP contribution in [0.15, 0.2) is 6.20 Å². The number of hydrogen-bond donors (Lipinski definition) is 1. The Morgan fingerprint density at radius 2 is 2.40 bits per heavy atom. The lowest BCUT2D eigenvalue weighted by molar-refractivity contribution is 0.557. The van der Waals surface area contributed by atoms with Crippen LogP contribution >= 0.6 is 0 Å². The zero-order valence-electron chi connectivity index (χ0n) is 9.75. The monoisotopic (exact) mass is 205 g/mol. The van der Waals surface area contributed by atoms with Crippen LogP contribution in [0, 0.1) is 12.3 Å². The minimum absolute atomic E-state index is 0.361. The summed E-state index contributed by atoms with van der Waals surface area (Å²) in [4.78, 5) is 0. The van der Waals surface area contributed by atoms with Gasteiger partial charge in [0.2, 0.25) is 0 Å². The largest absolute Gasteiger partial charge is 0.309 e. The minimum Gasteiger partial charge on any atom is -0.309 e. The van der Waals surface area contributed by atoms with E-state index in [1.165, 1.54) is 5.56 Å². The van der Waals surface area contributed by atoms with Crippen LogP contribution < -0.4 is 5.32 Å². The lowest BCUT2D eigenvalue weighted by Gasteiger charge is -2.09. The van der Waals surface area contributed by atoms with Crippen molar-refractivity contribution >= 4 is 0 Å². The van der Waals surface area contributed by atoms with Gasteiger partial charge in [-0.1, -0.05) is 6.92 Å². The van der Waals surface area contributed by atoms with E-state index in [4.69, 9.17) is 6.42 Å². The molecule has 1 unspecified atom stereocenters. The van der Waals surface area contributed by atoms with Gasteiger partial charge in [0.1, 0.15) is 0 Å². The quantitative estimate of drug-likeness (QED) is 0.738. The molecule has 0 aliphatic carbocycles. The third-order valence-electron chi connectivity index (χ3n) is 2.39. The maximum atomic E-state index is 5.25. The van der Waals surface area contributed by atoms with Crippen LogP contribution in [0.3, 0.4) is 0 Å². The normalized spacial score (nSPS) is 12.4. The van der Waals surface area contributed by atoms with E-state index in [2.05, 4.69) is 36.4 Å². The molecule has 1 N–H and O–H groups in total. The predicted molar refractivity (Wildman–Crippen MR) is 62.3 cm³/mol. The molecule has 0 bridgehead atoms. The summed E-state index contributed by atoms with van der Waals surface area (Å²) in [5, 5.41) is 7.78. The molecule has 0 aliphatic rings. The Hall–Kier alpha value is -1.27. The molecule has 0 saturated heterocycles. The smallest absolute Gasteiger partial charge is 0.0666 e. The molecule has 0 aromatic carbocycles. The fourth-order valence-electron chi connectivity index (χ4n) is 1.56. The van der Waals surface area contributed by atoms with Crippen molar-refractivity contribution in [2.24, 2.45) is 7.05 Å². The molecule has 82 valence electrons. The Morgan fingerprint density at radius 3 is 3.00 bits per heavy atom. The van der Waals surface area contributed by atoms with Gasteiger partial charge >= 0.3 is 0 Å². The van der Waals surface area contributed by atoms with Crippen molar-refractivity contribution in [3.8, 4) is 12.3 Å². The van der Waals surface area contributed by atoms with Gasteiger partial charge in [-0.2, -0.15) is 5.10 Å². The molecular weight excluding hydrogens is 186 g/mol. The highest BCUT2D eigenvalue weighted by Crippen LogP contribution is 2.07. The van der Waals surface area contributed by atoms with Crippen LogP contribution in [-0.4, -0.2) is 15.8 Å². The first kappa shape index (κ1) is 11.8. The van der Waals surface area contributed by atoms with E-state index < -0.39 is 0 Å². The predicted octanol–water partition coefficient (Wildman–Crippen LogP) is 1.48. The summed E-state index contributed by atoms with van der Waals surface area (Å²) in [6, 6.07) is 0.361. The first-order valence-electron chi connectivity index (χ1n) is 5.35. The minimum atomic E-state index is 0.361. The number of rotatable bonds is 5. The van der Waals surface area contributed by atoms with Crippen molar-refractivity contribution in [3.63, 3.8) is 0 Å². The molecular formula is C12H19N3. The van der Waals surface area contributed by atoms with E-state index in [9.17, 15) is 0 Å². The summed E-state index contributed by atoms with van der Waals surface area (Å²) in [6.45, 7) is 5.07. The van der Waals surface area contributed by atoms with Crippen molar-refractivity contribution in [2.45, 2.75) is 39.3 Å². The molecule has 0 saturated carbocycles. The first-order chi connectivity index (χ1) is 7.17. The molecule has 1 atom stereocenters. The van der Waals surface area contributed by atoms with Crippen molar-refractivity contribution < 1.29 is 0 Å². The van der Waals surface area contributed by atoms with Crippen LogP contribution in [0.1, 0.15) is 31.5 Å². The van der Waals surface area contributed by atoms with Crippen molar-refractivity contribution in [1.29, 1.82) is 0 Å². The second kappa shape index (κ2) is 5.57. The lowest BCUT2D eigenvalue weighted by atomic mass is 10.2. The zero-order chi connectivity index (χ0) is 11.3. The van der Waals surface area contributed by atoms with E-state index >= 15 is 0 Å². The Labute approximate surface area is 91.9 Å². The molecule has 1 rings (SSSR count). The molecule has 0 aliphatic heterocycles. The van der Waals surface area contributed by atoms with Gasteiger partial charge in [0, 0.05) is 37.8 Å².